The van der Waals surface area contributed by atoms with Gasteiger partial charge in [-0.1, -0.05) is 0 Å². The zero-order chi connectivity index (χ0) is 17.6. The van der Waals surface area contributed by atoms with Crippen LogP contribution in [0.1, 0.15) is 41.4 Å². The lowest BCUT2D eigenvalue weighted by atomic mass is 10.0. The Bertz CT molecular complexity index is 898. The van der Waals surface area contributed by atoms with Gasteiger partial charge in [0, 0.05) is 23.7 Å². The van der Waals surface area contributed by atoms with E-state index < -0.39 is 0 Å². The van der Waals surface area contributed by atoms with Crippen LogP contribution in [0.4, 0.5) is 0 Å². The van der Waals surface area contributed by atoms with Crippen LogP contribution < -0.4 is 0 Å². The number of thioether (sulfide) groups is 1. The molecule has 25 heavy (non-hydrogen) atoms. The van der Waals surface area contributed by atoms with Crippen LogP contribution in [-0.2, 0) is 6.54 Å². The molecule has 4 nitrogen and oxygen atoms in total. The molecule has 1 aromatic carbocycles. The summed E-state index contributed by atoms with van der Waals surface area (Å²) in [6.45, 7) is 2.85. The van der Waals surface area contributed by atoms with E-state index in [9.17, 15) is 4.79 Å². The van der Waals surface area contributed by atoms with Crippen LogP contribution in [-0.4, -0.2) is 28.1 Å². The first-order chi connectivity index (χ1) is 12.1. The Morgan fingerprint density at radius 2 is 2.12 bits per heavy atom. The molecule has 1 saturated carbocycles. The standard InChI is InChI=1S/C20H19N3OS/c1-12(13-3-4-13)23-11-16-7-15(9-18(25-2)19(16)20(23)24)14-5-6-22-17(8-14)10-21/h5-9,12-13H,3-4,11H2,1-2H3. The highest BCUT2D eigenvalue weighted by Gasteiger charge is 2.39. The molecule has 0 N–H and O–H groups in total. The zero-order valence-corrected chi connectivity index (χ0v) is 15.1. The molecule has 1 aromatic heterocycles. The van der Waals surface area contributed by atoms with Crippen molar-refractivity contribution >= 4 is 17.7 Å². The molecule has 2 heterocycles. The van der Waals surface area contributed by atoms with Gasteiger partial charge in [-0.15, -0.1) is 11.8 Å². The van der Waals surface area contributed by atoms with E-state index in [4.69, 9.17) is 5.26 Å². The lowest BCUT2D eigenvalue weighted by Crippen LogP contribution is -2.34. The van der Waals surface area contributed by atoms with E-state index in [1.165, 1.54) is 12.8 Å². The number of carbonyl (C=O) groups is 1. The van der Waals surface area contributed by atoms with Gasteiger partial charge in [-0.3, -0.25) is 4.79 Å². The molecule has 2 aliphatic rings. The fourth-order valence-electron chi connectivity index (χ4n) is 3.60. The highest BCUT2D eigenvalue weighted by atomic mass is 32.2. The SMILES string of the molecule is CSc1cc(-c2ccnc(C#N)c2)cc2c1C(=O)N(C(C)C1CC1)C2. The van der Waals surface area contributed by atoms with Gasteiger partial charge < -0.3 is 4.90 Å². The molecule has 0 spiro atoms. The van der Waals surface area contributed by atoms with Crippen molar-refractivity contribution in [1.29, 1.82) is 5.26 Å². The fourth-order valence-corrected chi connectivity index (χ4v) is 4.27. The smallest absolute Gasteiger partial charge is 0.255 e. The first-order valence-corrected chi connectivity index (χ1v) is 9.73. The van der Waals surface area contributed by atoms with Crippen LogP contribution in [0.3, 0.4) is 0 Å². The third-order valence-corrected chi connectivity index (χ3v) is 5.98. The Hall–Kier alpha value is -2.32. The van der Waals surface area contributed by atoms with Crippen molar-refractivity contribution in [3.05, 3.63) is 47.3 Å². The number of pyridine rings is 1. The Kier molecular flexibility index (Phi) is 4.01. The lowest BCUT2D eigenvalue weighted by Gasteiger charge is -2.24. The predicted molar refractivity (Wildman–Crippen MR) is 98.2 cm³/mol. The second-order valence-corrected chi connectivity index (χ2v) is 7.61. The molecular formula is C20H19N3OS. The monoisotopic (exact) mass is 349 g/mol. The van der Waals surface area contributed by atoms with Gasteiger partial charge in [0.1, 0.15) is 11.8 Å². The third-order valence-electron chi connectivity index (χ3n) is 5.22. The number of hydrogen-bond acceptors (Lipinski definition) is 4. The average molecular weight is 349 g/mol. The van der Waals surface area contributed by atoms with E-state index in [0.717, 1.165) is 27.1 Å². The van der Waals surface area contributed by atoms with E-state index in [0.29, 0.717) is 24.2 Å². The zero-order valence-electron chi connectivity index (χ0n) is 14.3. The number of benzene rings is 1. The van der Waals surface area contributed by atoms with Crippen molar-refractivity contribution in [2.75, 3.05) is 6.26 Å². The summed E-state index contributed by atoms with van der Waals surface area (Å²) in [7, 11) is 0. The van der Waals surface area contributed by atoms with Crippen molar-refractivity contribution < 1.29 is 4.79 Å². The molecule has 1 atom stereocenters. The van der Waals surface area contributed by atoms with Crippen LogP contribution in [0.2, 0.25) is 0 Å². The van der Waals surface area contributed by atoms with Crippen LogP contribution >= 0.6 is 11.8 Å². The summed E-state index contributed by atoms with van der Waals surface area (Å²) < 4.78 is 0. The summed E-state index contributed by atoms with van der Waals surface area (Å²) in [6.07, 6.45) is 6.13. The van der Waals surface area contributed by atoms with E-state index in [1.54, 1.807) is 24.0 Å². The van der Waals surface area contributed by atoms with E-state index >= 15 is 0 Å². The van der Waals surface area contributed by atoms with Crippen LogP contribution in [0.25, 0.3) is 11.1 Å². The molecule has 1 unspecified atom stereocenters. The molecule has 4 rings (SSSR count). The Balaban J connectivity index is 1.76. The van der Waals surface area contributed by atoms with Gasteiger partial charge in [0.05, 0.1) is 5.56 Å². The molecule has 1 amide bonds. The third kappa shape index (κ3) is 2.81. The van der Waals surface area contributed by atoms with Gasteiger partial charge in [-0.2, -0.15) is 5.26 Å². The van der Waals surface area contributed by atoms with Gasteiger partial charge >= 0.3 is 0 Å². The molecule has 126 valence electrons. The lowest BCUT2D eigenvalue weighted by molar-refractivity contribution is 0.0695. The summed E-state index contributed by atoms with van der Waals surface area (Å²) in [5.74, 6) is 0.826. The van der Waals surface area contributed by atoms with Crippen molar-refractivity contribution in [3.63, 3.8) is 0 Å². The second-order valence-electron chi connectivity index (χ2n) is 6.77. The number of carbonyl (C=O) groups excluding carboxylic acids is 1. The number of rotatable bonds is 4. The molecular weight excluding hydrogens is 330 g/mol. The quantitative estimate of drug-likeness (QED) is 0.780. The summed E-state index contributed by atoms with van der Waals surface area (Å²) in [6, 6.07) is 10.3. The molecule has 5 heteroatoms. The molecule has 1 fully saturated rings. The number of nitriles is 1. The van der Waals surface area contributed by atoms with E-state index in [2.05, 4.69) is 30.1 Å². The highest BCUT2D eigenvalue weighted by Crippen LogP contribution is 2.41. The Morgan fingerprint density at radius 3 is 2.80 bits per heavy atom. The van der Waals surface area contributed by atoms with Gasteiger partial charge in [-0.05, 0) is 72.9 Å². The number of aromatic nitrogens is 1. The van der Waals surface area contributed by atoms with Crippen molar-refractivity contribution in [3.8, 4) is 17.2 Å². The first-order valence-electron chi connectivity index (χ1n) is 8.50. The predicted octanol–water partition coefficient (Wildman–Crippen LogP) is 4.10. The molecule has 1 aliphatic carbocycles. The summed E-state index contributed by atoms with van der Waals surface area (Å²) in [5.41, 5.74) is 4.36. The van der Waals surface area contributed by atoms with Crippen LogP contribution in [0.5, 0.6) is 0 Å². The number of fused-ring (bicyclic) bond motifs is 1. The minimum atomic E-state index is 0.165. The van der Waals surface area contributed by atoms with Gasteiger partial charge in [0.25, 0.3) is 5.91 Å². The molecule has 2 aromatic rings. The van der Waals surface area contributed by atoms with E-state index in [-0.39, 0.29) is 5.91 Å². The van der Waals surface area contributed by atoms with Crippen LogP contribution in [0.15, 0.2) is 35.4 Å². The Morgan fingerprint density at radius 1 is 1.32 bits per heavy atom. The minimum absolute atomic E-state index is 0.165. The number of amides is 1. The number of hydrogen-bond donors (Lipinski definition) is 0. The van der Waals surface area contributed by atoms with Gasteiger partial charge in [-0.25, -0.2) is 4.98 Å². The molecule has 0 radical (unpaired) electrons. The second kappa shape index (κ2) is 6.20. The highest BCUT2D eigenvalue weighted by molar-refractivity contribution is 7.98. The van der Waals surface area contributed by atoms with Crippen LogP contribution in [0, 0.1) is 17.2 Å². The normalized spacial score (nSPS) is 17.3. The largest absolute Gasteiger partial charge is 0.331 e. The topological polar surface area (TPSA) is 57.0 Å². The summed E-state index contributed by atoms with van der Waals surface area (Å²) in [5, 5.41) is 9.09. The Labute approximate surface area is 151 Å². The number of nitrogens with zero attached hydrogens (tertiary/aromatic N) is 3. The molecule has 1 aliphatic heterocycles. The maximum absolute atomic E-state index is 13.0. The molecule has 0 saturated heterocycles. The fraction of sp³-hybridized carbons (Fsp3) is 0.350. The van der Waals surface area contributed by atoms with Crippen molar-refractivity contribution in [2.24, 2.45) is 5.92 Å². The van der Waals surface area contributed by atoms with Crippen molar-refractivity contribution in [2.45, 2.75) is 37.2 Å². The van der Waals surface area contributed by atoms with Crippen molar-refractivity contribution in [1.82, 2.24) is 9.88 Å². The van der Waals surface area contributed by atoms with E-state index in [1.807, 2.05) is 17.2 Å². The summed E-state index contributed by atoms with van der Waals surface area (Å²) >= 11 is 1.61. The summed E-state index contributed by atoms with van der Waals surface area (Å²) in [4.78, 5) is 20.0. The first kappa shape index (κ1) is 16.2. The average Bonchev–Trinajstić information content (AvgIpc) is 3.44. The maximum atomic E-state index is 13.0. The minimum Gasteiger partial charge on any atom is -0.331 e. The maximum Gasteiger partial charge on any atom is 0.255 e. The van der Waals surface area contributed by atoms with Gasteiger partial charge in [0.15, 0.2) is 0 Å². The molecule has 0 bridgehead atoms. The van der Waals surface area contributed by atoms with Gasteiger partial charge in [0.2, 0.25) is 0 Å².